The lowest BCUT2D eigenvalue weighted by atomic mass is 10.2. The Balaban J connectivity index is 1.61. The first kappa shape index (κ1) is 13.6. The van der Waals surface area contributed by atoms with Crippen molar-refractivity contribution >= 4 is 11.6 Å². The van der Waals surface area contributed by atoms with Crippen LogP contribution in [0.15, 0.2) is 0 Å². The Hall–Kier alpha value is 0.130. The summed E-state index contributed by atoms with van der Waals surface area (Å²) < 4.78 is 10.8. The molecule has 0 amide bonds. The zero-order chi connectivity index (χ0) is 11.9. The van der Waals surface area contributed by atoms with Crippen LogP contribution in [-0.4, -0.2) is 80.9 Å². The van der Waals surface area contributed by atoms with Crippen molar-refractivity contribution in [2.24, 2.45) is 0 Å². The highest BCUT2D eigenvalue weighted by Crippen LogP contribution is 2.16. The van der Waals surface area contributed by atoms with E-state index in [0.717, 1.165) is 45.5 Å². The van der Waals surface area contributed by atoms with Gasteiger partial charge in [0.05, 0.1) is 26.4 Å². The highest BCUT2D eigenvalue weighted by molar-refractivity contribution is 6.17. The van der Waals surface area contributed by atoms with Gasteiger partial charge in [-0.25, -0.2) is 0 Å². The van der Waals surface area contributed by atoms with Gasteiger partial charge in [0.25, 0.3) is 0 Å². The van der Waals surface area contributed by atoms with Crippen LogP contribution in [0, 0.1) is 0 Å². The van der Waals surface area contributed by atoms with Crippen LogP contribution in [0.5, 0.6) is 0 Å². The van der Waals surface area contributed by atoms with Gasteiger partial charge in [-0.1, -0.05) is 0 Å². The second-order valence-corrected chi connectivity index (χ2v) is 5.07. The van der Waals surface area contributed by atoms with Crippen LogP contribution in [0.3, 0.4) is 0 Å². The SMILES string of the molecule is ClCCOCCN1CCC(N2CCOCC2)C1. The zero-order valence-electron chi connectivity index (χ0n) is 10.4. The Bertz CT molecular complexity index is 213. The number of rotatable bonds is 6. The van der Waals surface area contributed by atoms with E-state index in [1.807, 2.05) is 0 Å². The lowest BCUT2D eigenvalue weighted by Crippen LogP contribution is -2.44. The van der Waals surface area contributed by atoms with Crippen LogP contribution in [0.2, 0.25) is 0 Å². The summed E-state index contributed by atoms with van der Waals surface area (Å²) >= 11 is 5.56. The van der Waals surface area contributed by atoms with E-state index in [1.54, 1.807) is 0 Å². The molecule has 17 heavy (non-hydrogen) atoms. The van der Waals surface area contributed by atoms with E-state index in [-0.39, 0.29) is 0 Å². The third-order valence-electron chi connectivity index (χ3n) is 3.58. The molecule has 0 aromatic heterocycles. The first-order chi connectivity index (χ1) is 8.40. The van der Waals surface area contributed by atoms with Gasteiger partial charge in [0.1, 0.15) is 0 Å². The second kappa shape index (κ2) is 7.54. The Morgan fingerprint density at radius 1 is 1.18 bits per heavy atom. The van der Waals surface area contributed by atoms with Gasteiger partial charge in [0.2, 0.25) is 0 Å². The molecular weight excluding hydrogens is 240 g/mol. The van der Waals surface area contributed by atoms with Crippen LogP contribution in [0.25, 0.3) is 0 Å². The molecule has 5 heteroatoms. The molecule has 0 bridgehead atoms. The maximum Gasteiger partial charge on any atom is 0.0602 e. The van der Waals surface area contributed by atoms with Crippen molar-refractivity contribution in [1.82, 2.24) is 9.80 Å². The molecule has 1 unspecified atom stereocenters. The molecule has 2 heterocycles. The van der Waals surface area contributed by atoms with Crippen molar-refractivity contribution in [2.75, 3.05) is 65.0 Å². The van der Waals surface area contributed by atoms with Crippen molar-refractivity contribution in [3.63, 3.8) is 0 Å². The minimum absolute atomic E-state index is 0.594. The summed E-state index contributed by atoms with van der Waals surface area (Å²) in [7, 11) is 0. The van der Waals surface area contributed by atoms with Crippen LogP contribution < -0.4 is 0 Å². The smallest absolute Gasteiger partial charge is 0.0602 e. The Labute approximate surface area is 109 Å². The lowest BCUT2D eigenvalue weighted by molar-refractivity contribution is 0.0179. The molecule has 2 rings (SSSR count). The lowest BCUT2D eigenvalue weighted by Gasteiger charge is -2.32. The summed E-state index contributed by atoms with van der Waals surface area (Å²) in [5.74, 6) is 0.594. The van der Waals surface area contributed by atoms with Crippen molar-refractivity contribution in [2.45, 2.75) is 12.5 Å². The quantitative estimate of drug-likeness (QED) is 0.518. The average molecular weight is 263 g/mol. The highest BCUT2D eigenvalue weighted by atomic mass is 35.5. The molecule has 1 atom stereocenters. The van der Waals surface area contributed by atoms with Crippen molar-refractivity contribution in [1.29, 1.82) is 0 Å². The van der Waals surface area contributed by atoms with Crippen molar-refractivity contribution in [3.8, 4) is 0 Å². The Morgan fingerprint density at radius 3 is 2.76 bits per heavy atom. The van der Waals surface area contributed by atoms with E-state index < -0.39 is 0 Å². The normalized spacial score (nSPS) is 27.7. The topological polar surface area (TPSA) is 24.9 Å². The van der Waals surface area contributed by atoms with E-state index >= 15 is 0 Å². The van der Waals surface area contributed by atoms with E-state index in [2.05, 4.69) is 9.80 Å². The van der Waals surface area contributed by atoms with Crippen molar-refractivity contribution in [3.05, 3.63) is 0 Å². The van der Waals surface area contributed by atoms with Crippen LogP contribution >= 0.6 is 11.6 Å². The van der Waals surface area contributed by atoms with Gasteiger partial charge >= 0.3 is 0 Å². The number of halogens is 1. The predicted octanol–water partition coefficient (Wildman–Crippen LogP) is 0.648. The summed E-state index contributed by atoms with van der Waals surface area (Å²) in [4.78, 5) is 5.07. The number of nitrogens with zero attached hydrogens (tertiary/aromatic N) is 2. The molecule has 0 aliphatic carbocycles. The second-order valence-electron chi connectivity index (χ2n) is 4.69. The first-order valence-electron chi connectivity index (χ1n) is 6.58. The van der Waals surface area contributed by atoms with Crippen LogP contribution in [0.4, 0.5) is 0 Å². The van der Waals surface area contributed by atoms with Crippen LogP contribution in [0.1, 0.15) is 6.42 Å². The fourth-order valence-corrected chi connectivity index (χ4v) is 2.72. The fourth-order valence-electron chi connectivity index (χ4n) is 2.61. The molecule has 2 saturated heterocycles. The summed E-state index contributed by atoms with van der Waals surface area (Å²) in [6, 6.07) is 0.729. The van der Waals surface area contributed by atoms with E-state index in [4.69, 9.17) is 21.1 Å². The zero-order valence-corrected chi connectivity index (χ0v) is 11.2. The molecule has 0 radical (unpaired) electrons. The Kier molecular flexibility index (Phi) is 6.01. The number of likely N-dealkylation sites (tertiary alicyclic amines) is 1. The maximum atomic E-state index is 5.56. The molecule has 4 nitrogen and oxygen atoms in total. The Morgan fingerprint density at radius 2 is 2.00 bits per heavy atom. The van der Waals surface area contributed by atoms with Gasteiger partial charge in [-0.2, -0.15) is 0 Å². The monoisotopic (exact) mass is 262 g/mol. The first-order valence-corrected chi connectivity index (χ1v) is 7.11. The minimum atomic E-state index is 0.594. The van der Waals surface area contributed by atoms with Gasteiger partial charge in [-0.3, -0.25) is 9.80 Å². The fraction of sp³-hybridized carbons (Fsp3) is 1.00. The molecule has 0 aromatic rings. The third kappa shape index (κ3) is 4.38. The van der Waals surface area contributed by atoms with E-state index in [1.165, 1.54) is 19.5 Å². The van der Waals surface area contributed by atoms with E-state index in [9.17, 15) is 0 Å². The molecule has 0 saturated carbocycles. The number of hydrogen-bond donors (Lipinski definition) is 0. The maximum absolute atomic E-state index is 5.56. The minimum Gasteiger partial charge on any atom is -0.379 e. The summed E-state index contributed by atoms with van der Waals surface area (Å²) in [6.45, 7) is 8.90. The molecule has 2 aliphatic rings. The molecular formula is C12H23ClN2O2. The van der Waals surface area contributed by atoms with Gasteiger partial charge in [-0.05, 0) is 13.0 Å². The number of ether oxygens (including phenoxy) is 2. The van der Waals surface area contributed by atoms with Gasteiger partial charge < -0.3 is 9.47 Å². The molecule has 100 valence electrons. The predicted molar refractivity (Wildman–Crippen MR) is 68.8 cm³/mol. The number of morpholine rings is 1. The standard InChI is InChI=1S/C12H23ClN2O2/c13-2-7-16-8-4-14-3-1-12(11-14)15-5-9-17-10-6-15/h12H,1-11H2. The third-order valence-corrected chi connectivity index (χ3v) is 3.74. The summed E-state index contributed by atoms with van der Waals surface area (Å²) in [6.07, 6.45) is 1.29. The molecule has 0 spiro atoms. The largest absolute Gasteiger partial charge is 0.379 e. The molecule has 0 aromatic carbocycles. The molecule has 2 aliphatic heterocycles. The summed E-state index contributed by atoms with van der Waals surface area (Å²) in [5, 5.41) is 0. The molecule has 0 N–H and O–H groups in total. The summed E-state index contributed by atoms with van der Waals surface area (Å²) in [5.41, 5.74) is 0. The van der Waals surface area contributed by atoms with Gasteiger partial charge in [0.15, 0.2) is 0 Å². The van der Waals surface area contributed by atoms with Gasteiger partial charge in [-0.15, -0.1) is 11.6 Å². The molecule has 2 fully saturated rings. The van der Waals surface area contributed by atoms with E-state index in [0.29, 0.717) is 12.5 Å². The number of alkyl halides is 1. The van der Waals surface area contributed by atoms with Crippen molar-refractivity contribution < 1.29 is 9.47 Å². The highest BCUT2D eigenvalue weighted by Gasteiger charge is 2.28. The average Bonchev–Trinajstić information content (AvgIpc) is 2.85. The van der Waals surface area contributed by atoms with Crippen LogP contribution in [-0.2, 0) is 9.47 Å². The van der Waals surface area contributed by atoms with Gasteiger partial charge in [0, 0.05) is 38.1 Å². The number of hydrogen-bond acceptors (Lipinski definition) is 4.